The third kappa shape index (κ3) is 4.56. The van der Waals surface area contributed by atoms with Gasteiger partial charge in [-0.15, -0.1) is 0 Å². The maximum absolute atomic E-state index is 12.8. The number of aromatic nitrogens is 1. The van der Waals surface area contributed by atoms with Crippen molar-refractivity contribution in [3.8, 4) is 0 Å². The van der Waals surface area contributed by atoms with Crippen LogP contribution in [0.3, 0.4) is 0 Å². The van der Waals surface area contributed by atoms with Gasteiger partial charge in [0.2, 0.25) is 0 Å². The second-order valence-electron chi connectivity index (χ2n) is 7.16. The van der Waals surface area contributed by atoms with Gasteiger partial charge in [0, 0.05) is 70.6 Å². The molecule has 29 heavy (non-hydrogen) atoms. The Morgan fingerprint density at radius 1 is 1.21 bits per heavy atom. The number of carbonyl (C=O) groups is 1. The zero-order valence-corrected chi connectivity index (χ0v) is 17.1. The van der Waals surface area contributed by atoms with Crippen molar-refractivity contribution in [2.45, 2.75) is 6.92 Å². The number of amides is 1. The van der Waals surface area contributed by atoms with Crippen molar-refractivity contribution in [3.05, 3.63) is 72.2 Å². The highest BCUT2D eigenvalue weighted by Gasteiger charge is 2.18. The van der Waals surface area contributed by atoms with E-state index in [2.05, 4.69) is 27.1 Å². The van der Waals surface area contributed by atoms with Gasteiger partial charge in [-0.05, 0) is 36.4 Å². The van der Waals surface area contributed by atoms with Crippen LogP contribution in [0.4, 0.5) is 11.4 Å². The minimum atomic E-state index is -0.693. The molecule has 1 aromatic carbocycles. The van der Waals surface area contributed by atoms with Crippen molar-refractivity contribution < 1.29 is 9.00 Å². The lowest BCUT2D eigenvalue weighted by atomic mass is 10.0. The number of hydrogen-bond acceptors (Lipinski definition) is 4. The van der Waals surface area contributed by atoms with Crippen LogP contribution in [-0.2, 0) is 15.6 Å². The number of nitrogens with one attached hydrogen (secondary N) is 2. The van der Waals surface area contributed by atoms with Gasteiger partial charge in [0.1, 0.15) is 5.70 Å². The van der Waals surface area contributed by atoms with E-state index < -0.39 is 10.8 Å². The number of allylic oxidation sites excluding steroid dienone is 3. The molecule has 150 valence electrons. The van der Waals surface area contributed by atoms with E-state index >= 15 is 0 Å². The van der Waals surface area contributed by atoms with Crippen LogP contribution in [0.1, 0.15) is 12.5 Å². The summed E-state index contributed by atoms with van der Waals surface area (Å²) in [6.45, 7) is 3.66. The Bertz CT molecular complexity index is 980. The number of nitrogens with zero attached hydrogens (tertiary/aromatic N) is 2. The number of anilines is 2. The van der Waals surface area contributed by atoms with Crippen molar-refractivity contribution >= 4 is 33.8 Å². The van der Waals surface area contributed by atoms with Crippen LogP contribution >= 0.6 is 0 Å². The fourth-order valence-corrected chi connectivity index (χ4v) is 4.51. The molecule has 2 aliphatic rings. The number of aliphatic imine (C=N–C) groups is 1. The summed E-state index contributed by atoms with van der Waals surface area (Å²) in [7, 11) is -0.693. The summed E-state index contributed by atoms with van der Waals surface area (Å²) in [5.74, 6) is 1.29. The molecule has 1 atom stereocenters. The summed E-state index contributed by atoms with van der Waals surface area (Å²) in [4.78, 5) is 22.7. The highest BCUT2D eigenvalue weighted by molar-refractivity contribution is 7.85. The van der Waals surface area contributed by atoms with Crippen molar-refractivity contribution in [3.63, 3.8) is 0 Å². The Hall–Kier alpha value is -2.93. The van der Waals surface area contributed by atoms with Gasteiger partial charge in [0.25, 0.3) is 5.91 Å². The predicted molar refractivity (Wildman–Crippen MR) is 119 cm³/mol. The van der Waals surface area contributed by atoms with Crippen molar-refractivity contribution in [1.29, 1.82) is 0 Å². The second kappa shape index (κ2) is 8.61. The normalized spacial score (nSPS) is 20.0. The summed E-state index contributed by atoms with van der Waals surface area (Å²) < 4.78 is 11.5. The number of rotatable bonds is 4. The Morgan fingerprint density at radius 3 is 2.66 bits per heavy atom. The molecule has 2 aliphatic heterocycles. The van der Waals surface area contributed by atoms with E-state index in [4.69, 9.17) is 0 Å². The van der Waals surface area contributed by atoms with Gasteiger partial charge < -0.3 is 15.2 Å². The molecule has 1 amide bonds. The third-order valence-corrected chi connectivity index (χ3v) is 6.40. The predicted octanol–water partition coefficient (Wildman–Crippen LogP) is 3.10. The average molecular weight is 409 g/mol. The molecule has 2 N–H and O–H groups in total. The van der Waals surface area contributed by atoms with Crippen LogP contribution in [0.2, 0.25) is 0 Å². The smallest absolute Gasteiger partial charge is 0.274 e. The van der Waals surface area contributed by atoms with Crippen LogP contribution in [-0.4, -0.2) is 45.4 Å². The zero-order valence-electron chi connectivity index (χ0n) is 16.3. The first-order chi connectivity index (χ1) is 14.1. The molecule has 1 saturated heterocycles. The fourth-order valence-electron chi connectivity index (χ4n) is 3.46. The molecule has 1 aromatic heterocycles. The van der Waals surface area contributed by atoms with E-state index in [-0.39, 0.29) is 11.8 Å². The SMILES string of the molecule is CC1C=CC=C(C(=O)Nc2ccc(N3CCS(=O)CC3)cc2)N=C1c1cc[nH]c1. The summed E-state index contributed by atoms with van der Waals surface area (Å²) >= 11 is 0. The zero-order chi connectivity index (χ0) is 20.2. The van der Waals surface area contributed by atoms with E-state index in [9.17, 15) is 9.00 Å². The molecular formula is C22H24N4O2S. The standard InChI is InChI=1S/C22H24N4O2S/c1-16-3-2-4-20(25-21(16)17-9-10-23-15-17)22(27)24-18-5-7-19(8-6-18)26-11-13-29(28)14-12-26/h2-10,15-16,23H,11-14H2,1H3,(H,24,27). The maximum Gasteiger partial charge on any atom is 0.274 e. The Morgan fingerprint density at radius 2 is 1.97 bits per heavy atom. The van der Waals surface area contributed by atoms with Crippen LogP contribution in [0.5, 0.6) is 0 Å². The summed E-state index contributed by atoms with van der Waals surface area (Å²) in [6.07, 6.45) is 9.40. The van der Waals surface area contributed by atoms with Gasteiger partial charge in [-0.1, -0.05) is 19.1 Å². The van der Waals surface area contributed by atoms with Crippen molar-refractivity contribution in [1.82, 2.24) is 4.98 Å². The van der Waals surface area contributed by atoms with Crippen LogP contribution in [0, 0.1) is 5.92 Å². The van der Waals surface area contributed by atoms with Crippen LogP contribution < -0.4 is 10.2 Å². The molecule has 0 bridgehead atoms. The molecule has 0 spiro atoms. The average Bonchev–Trinajstić information content (AvgIpc) is 3.19. The number of carbonyl (C=O) groups excluding carboxylic acids is 1. The van der Waals surface area contributed by atoms with E-state index in [1.165, 1.54) is 0 Å². The molecule has 6 nitrogen and oxygen atoms in total. The van der Waals surface area contributed by atoms with Crippen molar-refractivity contribution in [2.75, 3.05) is 34.8 Å². The lowest BCUT2D eigenvalue weighted by Gasteiger charge is -2.28. The van der Waals surface area contributed by atoms with Gasteiger partial charge in [-0.3, -0.25) is 9.00 Å². The van der Waals surface area contributed by atoms with E-state index in [0.717, 1.165) is 35.7 Å². The lowest BCUT2D eigenvalue weighted by molar-refractivity contribution is -0.112. The number of benzene rings is 1. The molecule has 2 aromatic rings. The number of hydrogen-bond donors (Lipinski definition) is 2. The Labute approximate surface area is 172 Å². The molecule has 4 rings (SSSR count). The molecule has 0 saturated carbocycles. The van der Waals surface area contributed by atoms with E-state index in [1.807, 2.05) is 54.9 Å². The third-order valence-electron chi connectivity index (χ3n) is 5.12. The Kier molecular flexibility index (Phi) is 5.76. The molecule has 7 heteroatoms. The van der Waals surface area contributed by atoms with Gasteiger partial charge >= 0.3 is 0 Å². The van der Waals surface area contributed by atoms with Gasteiger partial charge in [-0.25, -0.2) is 4.99 Å². The number of aromatic amines is 1. The first kappa shape index (κ1) is 19.4. The topological polar surface area (TPSA) is 77.6 Å². The lowest BCUT2D eigenvalue weighted by Crippen LogP contribution is -2.37. The first-order valence-electron chi connectivity index (χ1n) is 9.72. The molecular weight excluding hydrogens is 384 g/mol. The fraction of sp³-hybridized carbons (Fsp3) is 0.273. The maximum atomic E-state index is 12.8. The molecule has 1 fully saturated rings. The monoisotopic (exact) mass is 408 g/mol. The number of H-pyrrole nitrogens is 1. The van der Waals surface area contributed by atoms with Gasteiger partial charge in [0.05, 0.1) is 5.71 Å². The quantitative estimate of drug-likeness (QED) is 0.816. The summed E-state index contributed by atoms with van der Waals surface area (Å²) in [5, 5.41) is 2.93. The largest absolute Gasteiger partial charge is 0.370 e. The highest BCUT2D eigenvalue weighted by Crippen LogP contribution is 2.21. The second-order valence-corrected chi connectivity index (χ2v) is 8.85. The van der Waals surface area contributed by atoms with Crippen LogP contribution in [0.25, 0.3) is 0 Å². The minimum absolute atomic E-state index is 0.116. The summed E-state index contributed by atoms with van der Waals surface area (Å²) in [6, 6.07) is 9.72. The molecule has 3 heterocycles. The summed E-state index contributed by atoms with van der Waals surface area (Å²) in [5.41, 5.74) is 4.02. The highest BCUT2D eigenvalue weighted by atomic mass is 32.2. The van der Waals surface area contributed by atoms with Gasteiger partial charge in [-0.2, -0.15) is 0 Å². The van der Waals surface area contributed by atoms with E-state index in [0.29, 0.717) is 17.2 Å². The first-order valence-corrected chi connectivity index (χ1v) is 11.2. The molecule has 0 aliphatic carbocycles. The molecule has 1 unspecified atom stereocenters. The minimum Gasteiger partial charge on any atom is -0.370 e. The van der Waals surface area contributed by atoms with Crippen LogP contribution in [0.15, 0.2) is 71.6 Å². The van der Waals surface area contributed by atoms with Gasteiger partial charge in [0.15, 0.2) is 0 Å². The van der Waals surface area contributed by atoms with E-state index in [1.54, 1.807) is 6.08 Å². The molecule has 0 radical (unpaired) electrons. The van der Waals surface area contributed by atoms with Crippen molar-refractivity contribution in [2.24, 2.45) is 10.9 Å². The Balaban J connectivity index is 1.46.